The minimum atomic E-state index is -0.207. The fourth-order valence-electron chi connectivity index (χ4n) is 1.15. The number of nitrogens with two attached hydrogens (primary N) is 1. The van der Waals surface area contributed by atoms with Gasteiger partial charge in [0.05, 0.1) is 20.6 Å². The van der Waals surface area contributed by atoms with E-state index in [0.29, 0.717) is 17.9 Å². The van der Waals surface area contributed by atoms with Gasteiger partial charge >= 0.3 is 5.97 Å². The van der Waals surface area contributed by atoms with Gasteiger partial charge in [-0.25, -0.2) is 0 Å². The van der Waals surface area contributed by atoms with Crippen molar-refractivity contribution in [1.82, 2.24) is 0 Å². The van der Waals surface area contributed by atoms with Crippen molar-refractivity contribution >= 4 is 23.4 Å². The average Bonchev–Trinajstić information content (AvgIpc) is 2.30. The van der Waals surface area contributed by atoms with Crippen LogP contribution >= 0.6 is 11.8 Å². The van der Waals surface area contributed by atoms with Gasteiger partial charge in [-0.3, -0.25) is 4.79 Å². The smallest absolute Gasteiger partial charge is 0.306 e. The van der Waals surface area contributed by atoms with Crippen LogP contribution in [0.3, 0.4) is 0 Å². The number of thioether (sulfide) groups is 1. The van der Waals surface area contributed by atoms with E-state index in [2.05, 4.69) is 4.74 Å². The Morgan fingerprint density at radius 3 is 2.81 bits per heavy atom. The number of methoxy groups -OCH3 is 2. The molecule has 4 nitrogen and oxygen atoms in total. The zero-order valence-corrected chi connectivity index (χ0v) is 10.2. The summed E-state index contributed by atoms with van der Waals surface area (Å²) in [5.74, 6) is 1.18. The first-order chi connectivity index (χ1) is 7.67. The molecule has 0 aliphatic heterocycles. The topological polar surface area (TPSA) is 61.5 Å². The molecule has 0 aliphatic rings. The van der Waals surface area contributed by atoms with E-state index in [-0.39, 0.29) is 5.97 Å². The molecule has 0 aromatic heterocycles. The van der Waals surface area contributed by atoms with Crippen molar-refractivity contribution in [1.29, 1.82) is 0 Å². The van der Waals surface area contributed by atoms with Gasteiger partial charge in [-0.05, 0) is 12.1 Å². The Morgan fingerprint density at radius 1 is 1.44 bits per heavy atom. The number of hydrogen-bond acceptors (Lipinski definition) is 5. The van der Waals surface area contributed by atoms with Gasteiger partial charge in [-0.2, -0.15) is 0 Å². The average molecular weight is 241 g/mol. The molecule has 0 atom stereocenters. The maximum atomic E-state index is 10.9. The van der Waals surface area contributed by atoms with Gasteiger partial charge in [-0.1, -0.05) is 0 Å². The van der Waals surface area contributed by atoms with Gasteiger partial charge in [-0.15, -0.1) is 11.8 Å². The summed E-state index contributed by atoms with van der Waals surface area (Å²) < 4.78 is 9.75. The molecule has 2 N–H and O–H groups in total. The van der Waals surface area contributed by atoms with Crippen LogP contribution in [0.4, 0.5) is 5.69 Å². The number of carbonyl (C=O) groups is 1. The number of esters is 1. The molecule has 16 heavy (non-hydrogen) atoms. The number of hydrogen-bond donors (Lipinski definition) is 1. The summed E-state index contributed by atoms with van der Waals surface area (Å²) >= 11 is 1.54. The van der Waals surface area contributed by atoms with E-state index in [1.165, 1.54) is 7.11 Å². The molecule has 88 valence electrons. The number of anilines is 1. The highest BCUT2D eigenvalue weighted by Gasteiger charge is 2.06. The van der Waals surface area contributed by atoms with Gasteiger partial charge in [0.25, 0.3) is 0 Å². The Kier molecular flexibility index (Phi) is 4.98. The van der Waals surface area contributed by atoms with Crippen LogP contribution in [-0.2, 0) is 9.53 Å². The van der Waals surface area contributed by atoms with Crippen LogP contribution < -0.4 is 10.5 Å². The minimum Gasteiger partial charge on any atom is -0.496 e. The molecule has 0 fully saturated rings. The van der Waals surface area contributed by atoms with E-state index in [1.54, 1.807) is 24.9 Å². The third kappa shape index (κ3) is 3.66. The Hall–Kier alpha value is -1.36. The van der Waals surface area contributed by atoms with E-state index in [0.717, 1.165) is 10.6 Å². The summed E-state index contributed by atoms with van der Waals surface area (Å²) in [4.78, 5) is 11.9. The molecule has 0 bridgehead atoms. The van der Waals surface area contributed by atoms with Gasteiger partial charge in [0.2, 0.25) is 0 Å². The second-order valence-electron chi connectivity index (χ2n) is 3.08. The van der Waals surface area contributed by atoms with E-state index in [9.17, 15) is 4.79 Å². The zero-order valence-electron chi connectivity index (χ0n) is 9.36. The Labute approximate surface area is 99.1 Å². The molecule has 0 heterocycles. The van der Waals surface area contributed by atoms with E-state index in [1.807, 2.05) is 12.1 Å². The van der Waals surface area contributed by atoms with Crippen molar-refractivity contribution in [3.05, 3.63) is 18.2 Å². The van der Waals surface area contributed by atoms with E-state index < -0.39 is 0 Å². The number of carbonyl (C=O) groups excluding carboxylic acids is 1. The maximum absolute atomic E-state index is 10.9. The molecule has 0 unspecified atom stereocenters. The quantitative estimate of drug-likeness (QED) is 0.485. The molecule has 0 saturated carbocycles. The summed E-state index contributed by atoms with van der Waals surface area (Å²) in [6.07, 6.45) is 0.384. The lowest BCUT2D eigenvalue weighted by atomic mass is 10.3. The molecule has 1 aromatic carbocycles. The van der Waals surface area contributed by atoms with E-state index >= 15 is 0 Å². The number of nitrogen functional groups attached to an aromatic ring is 1. The normalized spacial score (nSPS) is 9.88. The molecule has 0 spiro atoms. The lowest BCUT2D eigenvalue weighted by molar-refractivity contribution is -0.140. The third-order valence-electron chi connectivity index (χ3n) is 1.98. The monoisotopic (exact) mass is 241 g/mol. The first kappa shape index (κ1) is 12.7. The second-order valence-corrected chi connectivity index (χ2v) is 4.22. The molecule has 0 saturated heterocycles. The summed E-state index contributed by atoms with van der Waals surface area (Å²) in [7, 11) is 2.98. The van der Waals surface area contributed by atoms with Crippen LogP contribution in [-0.4, -0.2) is 25.9 Å². The Balaban J connectivity index is 2.56. The number of ether oxygens (including phenoxy) is 2. The van der Waals surface area contributed by atoms with Crippen molar-refractivity contribution < 1.29 is 14.3 Å². The van der Waals surface area contributed by atoms with E-state index in [4.69, 9.17) is 10.5 Å². The predicted molar refractivity (Wildman–Crippen MR) is 64.8 cm³/mol. The number of rotatable bonds is 5. The zero-order chi connectivity index (χ0) is 12.0. The molecule has 0 radical (unpaired) electrons. The first-order valence-electron chi connectivity index (χ1n) is 4.80. The molecular formula is C11H15NO3S. The highest BCUT2D eigenvalue weighted by atomic mass is 32.2. The molecule has 5 heteroatoms. The lowest BCUT2D eigenvalue weighted by Crippen LogP contribution is -2.01. The second kappa shape index (κ2) is 6.27. The molecular weight excluding hydrogens is 226 g/mol. The maximum Gasteiger partial charge on any atom is 0.306 e. The SMILES string of the molecule is COC(=O)CCSc1ccc(N)cc1OC. The van der Waals surface area contributed by atoms with Crippen LogP contribution in [0.2, 0.25) is 0 Å². The summed E-state index contributed by atoms with van der Waals surface area (Å²) in [5, 5.41) is 0. The van der Waals surface area contributed by atoms with Gasteiger partial charge in [0, 0.05) is 22.4 Å². The molecule has 0 aliphatic carbocycles. The van der Waals surface area contributed by atoms with Crippen molar-refractivity contribution in [3.8, 4) is 5.75 Å². The van der Waals surface area contributed by atoms with Crippen molar-refractivity contribution in [2.24, 2.45) is 0 Å². The number of benzene rings is 1. The predicted octanol–water partition coefficient (Wildman–Crippen LogP) is 1.93. The van der Waals surface area contributed by atoms with Crippen molar-refractivity contribution in [2.45, 2.75) is 11.3 Å². The fraction of sp³-hybridized carbons (Fsp3) is 0.364. The first-order valence-corrected chi connectivity index (χ1v) is 5.79. The van der Waals surface area contributed by atoms with Crippen LogP contribution in [0.5, 0.6) is 5.75 Å². The summed E-state index contributed by atoms with van der Waals surface area (Å²) in [6, 6.07) is 5.46. The van der Waals surface area contributed by atoms with Gasteiger partial charge < -0.3 is 15.2 Å². The summed E-state index contributed by atoms with van der Waals surface area (Å²) in [5.41, 5.74) is 6.30. The van der Waals surface area contributed by atoms with Crippen molar-refractivity contribution in [3.63, 3.8) is 0 Å². The highest BCUT2D eigenvalue weighted by Crippen LogP contribution is 2.31. The molecule has 1 rings (SSSR count). The van der Waals surface area contributed by atoms with Crippen LogP contribution in [0, 0.1) is 0 Å². The van der Waals surface area contributed by atoms with Crippen LogP contribution in [0.15, 0.2) is 23.1 Å². The summed E-state index contributed by atoms with van der Waals surface area (Å²) in [6.45, 7) is 0. The fourth-order valence-corrected chi connectivity index (χ4v) is 2.09. The van der Waals surface area contributed by atoms with Crippen LogP contribution in [0.1, 0.15) is 6.42 Å². The Morgan fingerprint density at radius 2 is 2.19 bits per heavy atom. The Bertz CT molecular complexity index is 368. The van der Waals surface area contributed by atoms with Crippen molar-refractivity contribution in [2.75, 3.05) is 25.7 Å². The third-order valence-corrected chi connectivity index (χ3v) is 3.04. The van der Waals surface area contributed by atoms with Gasteiger partial charge in [0.15, 0.2) is 0 Å². The lowest BCUT2D eigenvalue weighted by Gasteiger charge is -2.08. The molecule has 0 amide bonds. The highest BCUT2D eigenvalue weighted by molar-refractivity contribution is 7.99. The molecule has 1 aromatic rings. The largest absolute Gasteiger partial charge is 0.496 e. The van der Waals surface area contributed by atoms with Gasteiger partial charge in [0.1, 0.15) is 5.75 Å². The van der Waals surface area contributed by atoms with Crippen LogP contribution in [0.25, 0.3) is 0 Å². The minimum absolute atomic E-state index is 0.207. The standard InChI is InChI=1S/C11H15NO3S/c1-14-9-7-8(12)3-4-10(9)16-6-5-11(13)15-2/h3-4,7H,5-6,12H2,1-2H3.